The number of pyridine rings is 1. The first-order valence-corrected chi connectivity index (χ1v) is 9.92. The summed E-state index contributed by atoms with van der Waals surface area (Å²) in [5, 5.41) is 10.7. The number of halogens is 1. The van der Waals surface area contributed by atoms with Gasteiger partial charge in [-0.1, -0.05) is 24.3 Å². The number of aryl methyl sites for hydroxylation is 2. The number of hydrogen-bond acceptors (Lipinski definition) is 3. The zero-order valence-corrected chi connectivity index (χ0v) is 17.3. The largest absolute Gasteiger partial charge is 0.321 e. The smallest absolute Gasteiger partial charge is 0.228 e. The Morgan fingerprint density at radius 1 is 1.03 bits per heavy atom. The van der Waals surface area contributed by atoms with E-state index in [1.807, 2.05) is 67.2 Å². The average Bonchev–Trinajstić information content (AvgIpc) is 2.74. The lowest BCUT2D eigenvalue weighted by Crippen LogP contribution is -2.31. The highest BCUT2D eigenvalue weighted by atomic mass is 19.1. The van der Waals surface area contributed by atoms with Gasteiger partial charge in [-0.3, -0.25) is 4.79 Å². The maximum Gasteiger partial charge on any atom is 0.228 e. The predicted octanol–water partition coefficient (Wildman–Crippen LogP) is 4.26. The van der Waals surface area contributed by atoms with Crippen molar-refractivity contribution in [2.75, 3.05) is 5.32 Å². The van der Waals surface area contributed by atoms with E-state index in [4.69, 9.17) is 0 Å². The summed E-state index contributed by atoms with van der Waals surface area (Å²) >= 11 is 0. The lowest BCUT2D eigenvalue weighted by Gasteiger charge is -2.09. The van der Waals surface area contributed by atoms with Crippen LogP contribution in [0.1, 0.15) is 11.1 Å². The molecule has 4 rings (SSSR count). The Morgan fingerprint density at radius 2 is 1.90 bits per heavy atom. The molecule has 0 atom stereocenters. The van der Waals surface area contributed by atoms with Crippen LogP contribution >= 0.6 is 0 Å². The first-order valence-electron chi connectivity index (χ1n) is 9.92. The van der Waals surface area contributed by atoms with E-state index in [0.717, 1.165) is 33.5 Å². The predicted molar refractivity (Wildman–Crippen MR) is 118 cm³/mol. The molecule has 0 aliphatic carbocycles. The van der Waals surface area contributed by atoms with Crippen LogP contribution in [-0.4, -0.2) is 16.1 Å². The molecule has 1 amide bonds. The molecular weight excluding hydrogens is 391 g/mol. The van der Waals surface area contributed by atoms with E-state index >= 15 is 0 Å². The summed E-state index contributed by atoms with van der Waals surface area (Å²) in [6.07, 6.45) is 5.48. The van der Waals surface area contributed by atoms with E-state index < -0.39 is 0 Å². The Balaban J connectivity index is 1.45. The third-order valence-electron chi connectivity index (χ3n) is 5.09. The summed E-state index contributed by atoms with van der Waals surface area (Å²) in [6, 6.07) is 18.0. The number of carbonyl (C=O) groups excluding carboxylic acids is 1. The minimum atomic E-state index is -0.281. The molecule has 2 heterocycles. The van der Waals surface area contributed by atoms with Crippen LogP contribution in [0.15, 0.2) is 79.3 Å². The Bertz CT molecular complexity index is 1240. The summed E-state index contributed by atoms with van der Waals surface area (Å²) < 4.78 is 15.4. The number of nitrogens with one attached hydrogen (secondary N) is 1. The molecule has 4 aromatic rings. The molecule has 0 aliphatic heterocycles. The molecule has 0 unspecified atom stereocenters. The fourth-order valence-electron chi connectivity index (χ4n) is 3.63. The highest BCUT2D eigenvalue weighted by molar-refractivity contribution is 5.92. The van der Waals surface area contributed by atoms with Gasteiger partial charge in [0, 0.05) is 17.2 Å². The lowest BCUT2D eigenvalue weighted by atomic mass is 9.99. The minimum absolute atomic E-state index is 0.101. The van der Waals surface area contributed by atoms with Crippen LogP contribution in [-0.2, 0) is 18.3 Å². The number of aromatic nitrogens is 3. The maximum absolute atomic E-state index is 13.5. The van der Waals surface area contributed by atoms with Gasteiger partial charge in [0.2, 0.25) is 11.6 Å². The topological polar surface area (TPSA) is 58.8 Å². The van der Waals surface area contributed by atoms with E-state index in [-0.39, 0.29) is 18.1 Å². The van der Waals surface area contributed by atoms with Crippen molar-refractivity contribution in [2.24, 2.45) is 7.05 Å². The SMILES string of the molecule is Cc1cc(CC(=O)Nc2ccc(-c3cccc(F)c3)[n+](C)c2)ccc1-c1ccnnc1. The van der Waals surface area contributed by atoms with Crippen molar-refractivity contribution in [3.8, 4) is 22.4 Å². The summed E-state index contributed by atoms with van der Waals surface area (Å²) in [7, 11) is 1.87. The first-order chi connectivity index (χ1) is 15.0. The highest BCUT2D eigenvalue weighted by Crippen LogP contribution is 2.23. The van der Waals surface area contributed by atoms with Crippen molar-refractivity contribution >= 4 is 11.6 Å². The molecule has 1 N–H and O–H groups in total. The van der Waals surface area contributed by atoms with E-state index in [9.17, 15) is 9.18 Å². The second-order valence-electron chi connectivity index (χ2n) is 7.43. The van der Waals surface area contributed by atoms with E-state index in [0.29, 0.717) is 5.69 Å². The summed E-state index contributed by atoms with van der Waals surface area (Å²) in [5.74, 6) is -0.382. The van der Waals surface area contributed by atoms with E-state index in [1.54, 1.807) is 18.5 Å². The van der Waals surface area contributed by atoms with Gasteiger partial charge >= 0.3 is 0 Å². The van der Waals surface area contributed by atoms with Crippen molar-refractivity contribution in [2.45, 2.75) is 13.3 Å². The third kappa shape index (κ3) is 4.80. The first kappa shape index (κ1) is 20.3. The number of carbonyl (C=O) groups is 1. The van der Waals surface area contributed by atoms with Gasteiger partial charge in [0.25, 0.3) is 0 Å². The van der Waals surface area contributed by atoms with Crippen LogP contribution in [0.4, 0.5) is 10.1 Å². The molecule has 0 bridgehead atoms. The summed E-state index contributed by atoms with van der Waals surface area (Å²) in [5.41, 5.74) is 6.39. The Morgan fingerprint density at radius 3 is 2.61 bits per heavy atom. The lowest BCUT2D eigenvalue weighted by molar-refractivity contribution is -0.659. The van der Waals surface area contributed by atoms with Gasteiger partial charge in [-0.05, 0) is 53.9 Å². The standard InChI is InChI=1S/C25H21FN4O/c1-17-12-18(6-8-23(17)20-10-11-27-28-15-20)13-25(31)29-22-7-9-24(30(2)16-22)19-4-3-5-21(26)14-19/h3-12,14-16H,13H2,1-2H3/p+1. The number of hydrogen-bond donors (Lipinski definition) is 1. The van der Waals surface area contributed by atoms with Crippen molar-refractivity contribution in [3.05, 3.63) is 96.2 Å². The molecule has 2 aromatic carbocycles. The monoisotopic (exact) mass is 413 g/mol. The van der Waals surface area contributed by atoms with E-state index in [1.165, 1.54) is 12.1 Å². The highest BCUT2D eigenvalue weighted by Gasteiger charge is 2.13. The number of benzene rings is 2. The molecule has 0 aliphatic rings. The van der Waals surface area contributed by atoms with Crippen molar-refractivity contribution < 1.29 is 13.8 Å². The average molecular weight is 413 g/mol. The number of anilines is 1. The molecule has 0 saturated carbocycles. The normalized spacial score (nSPS) is 10.7. The van der Waals surface area contributed by atoms with Crippen molar-refractivity contribution in [1.29, 1.82) is 0 Å². The quantitative estimate of drug-likeness (QED) is 0.497. The summed E-state index contributed by atoms with van der Waals surface area (Å²) in [4.78, 5) is 12.6. The summed E-state index contributed by atoms with van der Waals surface area (Å²) in [6.45, 7) is 2.02. The van der Waals surface area contributed by atoms with Gasteiger partial charge in [0.15, 0.2) is 6.20 Å². The van der Waals surface area contributed by atoms with Gasteiger partial charge in [0.05, 0.1) is 18.8 Å². The van der Waals surface area contributed by atoms with Crippen LogP contribution in [0.2, 0.25) is 0 Å². The van der Waals surface area contributed by atoms with Crippen molar-refractivity contribution in [1.82, 2.24) is 10.2 Å². The molecule has 2 aromatic heterocycles. The third-order valence-corrected chi connectivity index (χ3v) is 5.09. The Kier molecular flexibility index (Phi) is 5.80. The molecule has 5 nitrogen and oxygen atoms in total. The zero-order valence-electron chi connectivity index (χ0n) is 17.3. The van der Waals surface area contributed by atoms with Crippen molar-refractivity contribution in [3.63, 3.8) is 0 Å². The van der Waals surface area contributed by atoms with Crippen LogP contribution in [0.3, 0.4) is 0 Å². The number of rotatable bonds is 5. The fraction of sp³-hybridized carbons (Fsp3) is 0.120. The molecule has 0 spiro atoms. The second-order valence-corrected chi connectivity index (χ2v) is 7.43. The fourth-order valence-corrected chi connectivity index (χ4v) is 3.63. The molecule has 0 radical (unpaired) electrons. The zero-order chi connectivity index (χ0) is 21.8. The molecular formula is C25H22FN4O+. The molecule has 31 heavy (non-hydrogen) atoms. The molecule has 154 valence electrons. The Hall–Kier alpha value is -3.93. The van der Waals surface area contributed by atoms with E-state index in [2.05, 4.69) is 15.5 Å². The minimum Gasteiger partial charge on any atom is -0.321 e. The maximum atomic E-state index is 13.5. The molecule has 6 heteroatoms. The molecule has 0 fully saturated rings. The Labute approximate surface area is 180 Å². The number of amides is 1. The van der Waals surface area contributed by atoms with Crippen LogP contribution in [0.25, 0.3) is 22.4 Å². The molecule has 0 saturated heterocycles. The van der Waals surface area contributed by atoms with Crippen LogP contribution in [0.5, 0.6) is 0 Å². The van der Waals surface area contributed by atoms with Crippen LogP contribution in [0, 0.1) is 12.7 Å². The number of nitrogens with zero attached hydrogens (tertiary/aromatic N) is 3. The van der Waals surface area contributed by atoms with Gasteiger partial charge in [-0.25, -0.2) is 4.39 Å². The van der Waals surface area contributed by atoms with Crippen LogP contribution < -0.4 is 9.88 Å². The van der Waals surface area contributed by atoms with Gasteiger partial charge < -0.3 is 5.32 Å². The van der Waals surface area contributed by atoms with Gasteiger partial charge in [-0.15, -0.1) is 0 Å². The van der Waals surface area contributed by atoms with Gasteiger partial charge in [-0.2, -0.15) is 14.8 Å². The van der Waals surface area contributed by atoms with Gasteiger partial charge in [0.1, 0.15) is 18.6 Å². The second kappa shape index (κ2) is 8.83.